The molecule has 16 heteroatoms. The maximum absolute atomic E-state index is 14.3. The molecule has 8 bridgehead atoms. The average Bonchev–Trinajstić information content (AvgIpc) is 3.07. The molecule has 0 amide bonds. The van der Waals surface area contributed by atoms with Crippen molar-refractivity contribution in [2.24, 2.45) is 51.8 Å². The van der Waals surface area contributed by atoms with E-state index in [-0.39, 0.29) is 53.9 Å². The number of carbonyl (C=O) groups excluding carboxylic acids is 3. The SMILES string of the molecule is CC1CC2CC(O)CC(C(=O)OCC3(COC(=O)C45CC6CC(CC(O)(C6)C4)C5)CSC(C4CC5CCCC(OC(=O)C(F)(F)S(=O)(=O)O)(C5)C4)SC3)(C1)C2. The van der Waals surface area contributed by atoms with Gasteiger partial charge in [-0.05, 0) is 138 Å². The van der Waals surface area contributed by atoms with Gasteiger partial charge in [-0.1, -0.05) is 13.3 Å². The van der Waals surface area contributed by atoms with E-state index in [2.05, 4.69) is 6.92 Å². The normalized spacial score (nSPS) is 46.4. The number of aliphatic hydroxyl groups is 2. The second-order valence-electron chi connectivity index (χ2n) is 19.8. The Hall–Kier alpha value is -1.20. The smallest absolute Gasteiger partial charge is 0.464 e. The van der Waals surface area contributed by atoms with E-state index in [4.69, 9.17) is 18.8 Å². The van der Waals surface area contributed by atoms with Gasteiger partial charge >= 0.3 is 33.3 Å². The van der Waals surface area contributed by atoms with E-state index in [9.17, 15) is 41.8 Å². The van der Waals surface area contributed by atoms with Gasteiger partial charge in [0, 0.05) is 11.5 Å². The first-order valence-electron chi connectivity index (χ1n) is 20.3. The Balaban J connectivity index is 0.976. The molecule has 0 spiro atoms. The van der Waals surface area contributed by atoms with E-state index in [1.54, 1.807) is 23.5 Å². The number of halogens is 2. The highest BCUT2D eigenvalue weighted by atomic mass is 32.2. The van der Waals surface area contributed by atoms with Crippen LogP contribution in [0, 0.1) is 51.8 Å². The van der Waals surface area contributed by atoms with Crippen molar-refractivity contribution in [2.75, 3.05) is 24.7 Å². The second-order valence-corrected chi connectivity index (χ2v) is 23.8. The number of alkyl halides is 2. The Kier molecular flexibility index (Phi) is 10.5. The second kappa shape index (κ2) is 14.2. The summed E-state index contributed by atoms with van der Waals surface area (Å²) in [4.78, 5) is 40.6. The maximum Gasteiger partial charge on any atom is 0.465 e. The summed E-state index contributed by atoms with van der Waals surface area (Å²) in [7, 11) is -6.00. The molecule has 8 aliphatic carbocycles. The molecule has 9 aliphatic rings. The number of carbonyl (C=O) groups is 3. The van der Waals surface area contributed by atoms with Crippen LogP contribution in [0.4, 0.5) is 8.78 Å². The first-order chi connectivity index (χ1) is 25.7. The molecule has 55 heavy (non-hydrogen) atoms. The summed E-state index contributed by atoms with van der Waals surface area (Å²) in [6.45, 7) is 2.22. The average molecular weight is 835 g/mol. The number of hydrogen-bond donors (Lipinski definition) is 3. The number of esters is 3. The molecule has 1 heterocycles. The van der Waals surface area contributed by atoms with Crippen molar-refractivity contribution in [3.8, 4) is 0 Å². The lowest BCUT2D eigenvalue weighted by Crippen LogP contribution is -2.59. The van der Waals surface area contributed by atoms with Crippen LogP contribution in [0.25, 0.3) is 0 Å². The molecule has 310 valence electrons. The third-order valence-corrected chi connectivity index (χ3v) is 19.5. The Morgan fingerprint density at radius 1 is 0.800 bits per heavy atom. The fourth-order valence-corrected chi connectivity index (χ4v) is 17.1. The van der Waals surface area contributed by atoms with Gasteiger partial charge in [-0.25, -0.2) is 4.79 Å². The summed E-state index contributed by atoms with van der Waals surface area (Å²) in [5.41, 5.74) is -4.28. The van der Waals surface area contributed by atoms with Gasteiger partial charge < -0.3 is 24.4 Å². The first kappa shape index (κ1) is 40.6. The molecule has 0 aromatic carbocycles. The number of thioether (sulfide) groups is 2. The Morgan fingerprint density at radius 3 is 2.07 bits per heavy atom. The largest absolute Gasteiger partial charge is 0.465 e. The van der Waals surface area contributed by atoms with Crippen LogP contribution in [0.5, 0.6) is 0 Å². The van der Waals surface area contributed by atoms with Crippen molar-refractivity contribution >= 4 is 51.5 Å². The third-order valence-electron chi connectivity index (χ3n) is 14.8. The van der Waals surface area contributed by atoms with E-state index in [1.807, 2.05) is 0 Å². The van der Waals surface area contributed by atoms with E-state index in [1.165, 1.54) is 0 Å². The van der Waals surface area contributed by atoms with Gasteiger partial charge in [0.2, 0.25) is 0 Å². The summed E-state index contributed by atoms with van der Waals surface area (Å²) in [6, 6.07) is 0. The standard InChI is InChI=1S/C39H56F2O11S3/c1-23-5-25-8-29(42)17-35(9-23,10-25)31(43)50-19-34(20-51-32(44)36-11-26-6-27(12-36)14-37(46,13-26)18-36)21-53-30(54-22-34)28-7-24-3-2-4-38(15-24,16-28)52-33(45)39(40,41)55(47,48)49/h23-30,42,46H,2-22H2,1H3,(H,47,48,49). The van der Waals surface area contributed by atoms with Gasteiger partial charge in [0.25, 0.3) is 0 Å². The Labute approximate surface area is 330 Å². The lowest BCUT2D eigenvalue weighted by molar-refractivity contribution is -0.199. The van der Waals surface area contributed by atoms with E-state index < -0.39 is 54.9 Å². The number of hydrogen-bond acceptors (Lipinski definition) is 12. The van der Waals surface area contributed by atoms with Crippen LogP contribution in [-0.2, 0) is 38.7 Å². The zero-order chi connectivity index (χ0) is 39.2. The molecule has 8 saturated carbocycles. The lowest BCUT2D eigenvalue weighted by atomic mass is 9.48. The quantitative estimate of drug-likeness (QED) is 0.130. The van der Waals surface area contributed by atoms with Crippen LogP contribution >= 0.6 is 23.5 Å². The molecule has 1 saturated heterocycles. The highest BCUT2D eigenvalue weighted by Gasteiger charge is 2.62. The van der Waals surface area contributed by atoms with Gasteiger partial charge in [-0.3, -0.25) is 14.1 Å². The monoisotopic (exact) mass is 834 g/mol. The van der Waals surface area contributed by atoms with Crippen LogP contribution in [0.15, 0.2) is 0 Å². The van der Waals surface area contributed by atoms with E-state index in [0.717, 1.165) is 38.5 Å². The summed E-state index contributed by atoms with van der Waals surface area (Å²) in [5, 5.41) is 17.0. The molecule has 0 aromatic heterocycles. The highest BCUT2D eigenvalue weighted by Crippen LogP contribution is 2.62. The molecule has 1 aliphatic heterocycles. The van der Waals surface area contributed by atoms with Gasteiger partial charge in [0.05, 0.1) is 32.5 Å². The van der Waals surface area contributed by atoms with Crippen molar-refractivity contribution in [2.45, 2.75) is 143 Å². The van der Waals surface area contributed by atoms with Gasteiger partial charge in [-0.2, -0.15) is 17.2 Å². The molecule has 9 fully saturated rings. The zero-order valence-corrected chi connectivity index (χ0v) is 34.0. The van der Waals surface area contributed by atoms with Gasteiger partial charge in [0.15, 0.2) is 0 Å². The summed E-state index contributed by atoms with van der Waals surface area (Å²) < 4.78 is 78.2. The minimum Gasteiger partial charge on any atom is -0.464 e. The van der Waals surface area contributed by atoms with E-state index in [0.29, 0.717) is 93.5 Å². The fraction of sp³-hybridized carbons (Fsp3) is 0.923. The van der Waals surface area contributed by atoms with Crippen LogP contribution < -0.4 is 0 Å². The topological polar surface area (TPSA) is 174 Å². The van der Waals surface area contributed by atoms with Crippen LogP contribution in [0.1, 0.15) is 116 Å². The van der Waals surface area contributed by atoms with E-state index >= 15 is 0 Å². The van der Waals surface area contributed by atoms with Crippen LogP contribution in [0.3, 0.4) is 0 Å². The third kappa shape index (κ3) is 7.73. The molecule has 11 nitrogen and oxygen atoms in total. The fourth-order valence-electron chi connectivity index (χ4n) is 13.4. The van der Waals surface area contributed by atoms with Gasteiger partial charge in [0.1, 0.15) is 18.8 Å². The molecular weight excluding hydrogens is 779 g/mol. The minimum absolute atomic E-state index is 0.0322. The number of aliphatic hydroxyl groups excluding tert-OH is 1. The number of rotatable bonds is 10. The first-order valence-corrected chi connectivity index (χ1v) is 23.8. The highest BCUT2D eigenvalue weighted by molar-refractivity contribution is 8.17. The molecule has 3 N–H and O–H groups in total. The minimum atomic E-state index is -6.00. The summed E-state index contributed by atoms with van der Waals surface area (Å²) in [5.74, 6) is -0.628. The van der Waals surface area contributed by atoms with Crippen molar-refractivity contribution in [3.63, 3.8) is 0 Å². The van der Waals surface area contributed by atoms with Gasteiger partial charge in [-0.15, -0.1) is 23.5 Å². The summed E-state index contributed by atoms with van der Waals surface area (Å²) >= 11 is 3.27. The molecule has 9 atom stereocenters. The molecule has 0 radical (unpaired) electrons. The van der Waals surface area contributed by atoms with Crippen molar-refractivity contribution in [1.82, 2.24) is 0 Å². The van der Waals surface area contributed by atoms with Crippen molar-refractivity contribution < 1.29 is 60.6 Å². The van der Waals surface area contributed by atoms with Crippen LogP contribution in [-0.4, -0.2) is 93.0 Å². The Bertz CT molecular complexity index is 1580. The number of ether oxygens (including phenoxy) is 3. The van der Waals surface area contributed by atoms with Crippen LogP contribution in [0.2, 0.25) is 0 Å². The lowest BCUT2D eigenvalue weighted by Gasteiger charge is -2.58. The zero-order valence-electron chi connectivity index (χ0n) is 31.6. The van der Waals surface area contributed by atoms with Crippen molar-refractivity contribution in [3.05, 3.63) is 0 Å². The molecule has 9 rings (SSSR count). The molecular formula is C39H56F2O11S3. The molecule has 9 unspecified atom stereocenters. The maximum atomic E-state index is 14.3. The Morgan fingerprint density at radius 2 is 1.44 bits per heavy atom. The van der Waals surface area contributed by atoms with Crippen molar-refractivity contribution in [1.29, 1.82) is 0 Å². The predicted molar refractivity (Wildman–Crippen MR) is 199 cm³/mol. The number of fused-ring (bicyclic) bond motifs is 4. The molecule has 0 aromatic rings. The summed E-state index contributed by atoms with van der Waals surface area (Å²) in [6.07, 6.45) is 10.4. The predicted octanol–water partition coefficient (Wildman–Crippen LogP) is 6.14.